The van der Waals surface area contributed by atoms with E-state index >= 15 is 0 Å². The maximum Gasteiger partial charge on any atom is 0.256 e. The number of carbonyl (C=O) groups excluding carboxylic acids is 1. The Bertz CT molecular complexity index is 1240. The Morgan fingerprint density at radius 2 is 2.19 bits per heavy atom. The van der Waals surface area contributed by atoms with Crippen LogP contribution in [0.1, 0.15) is 46.5 Å². The monoisotopic (exact) mass is 416 g/mol. The van der Waals surface area contributed by atoms with Crippen LogP contribution in [0.2, 0.25) is 0 Å². The van der Waals surface area contributed by atoms with Gasteiger partial charge in [-0.05, 0) is 36.6 Å². The van der Waals surface area contributed by atoms with Gasteiger partial charge in [0, 0.05) is 49.5 Å². The maximum absolute atomic E-state index is 12.8. The molecule has 1 atom stereocenters. The summed E-state index contributed by atoms with van der Waals surface area (Å²) in [5.41, 5.74) is 5.13. The van der Waals surface area contributed by atoms with Gasteiger partial charge in [0.1, 0.15) is 11.3 Å². The third kappa shape index (κ3) is 3.65. The van der Waals surface area contributed by atoms with Gasteiger partial charge in [-0.25, -0.2) is 4.52 Å². The van der Waals surface area contributed by atoms with E-state index in [1.165, 1.54) is 11.1 Å². The van der Waals surface area contributed by atoms with Crippen LogP contribution < -0.4 is 10.2 Å². The van der Waals surface area contributed by atoms with E-state index in [4.69, 9.17) is 4.52 Å². The van der Waals surface area contributed by atoms with E-state index in [1.807, 2.05) is 48.2 Å². The van der Waals surface area contributed by atoms with Crippen LogP contribution in [-0.4, -0.2) is 38.8 Å². The number of anilines is 2. The molecule has 31 heavy (non-hydrogen) atoms. The van der Waals surface area contributed by atoms with Gasteiger partial charge < -0.3 is 14.7 Å². The average Bonchev–Trinajstić information content (AvgIpc) is 3.53. The van der Waals surface area contributed by atoms with E-state index in [0.717, 1.165) is 42.9 Å². The lowest BCUT2D eigenvalue weighted by Crippen LogP contribution is -2.19. The van der Waals surface area contributed by atoms with Gasteiger partial charge in [-0.15, -0.1) is 0 Å². The Balaban J connectivity index is 1.35. The highest BCUT2D eigenvalue weighted by Crippen LogP contribution is 2.34. The van der Waals surface area contributed by atoms with E-state index in [1.54, 1.807) is 12.3 Å². The normalized spacial score (nSPS) is 16.2. The molecule has 4 heterocycles. The molecule has 0 spiro atoms. The third-order valence-electron chi connectivity index (χ3n) is 5.96. The van der Waals surface area contributed by atoms with Gasteiger partial charge in [-0.3, -0.25) is 9.78 Å². The molecule has 1 saturated heterocycles. The first-order valence-corrected chi connectivity index (χ1v) is 10.5. The zero-order valence-electron chi connectivity index (χ0n) is 17.6. The Labute approximate surface area is 179 Å². The van der Waals surface area contributed by atoms with Gasteiger partial charge in [-0.2, -0.15) is 5.10 Å². The lowest BCUT2D eigenvalue weighted by Gasteiger charge is -2.18. The molecule has 0 unspecified atom stereocenters. The second-order valence-corrected chi connectivity index (χ2v) is 7.93. The van der Waals surface area contributed by atoms with Crippen LogP contribution in [0, 0.1) is 6.92 Å². The van der Waals surface area contributed by atoms with Gasteiger partial charge in [-0.1, -0.05) is 18.1 Å². The van der Waals surface area contributed by atoms with Crippen molar-refractivity contribution < 1.29 is 9.32 Å². The molecule has 1 aliphatic heterocycles. The molecule has 1 aliphatic rings. The number of hydrogen-bond donors (Lipinski definition) is 1. The molecule has 1 N–H and O–H groups in total. The molecule has 0 radical (unpaired) electrons. The molecule has 8 nitrogen and oxygen atoms in total. The van der Waals surface area contributed by atoms with Crippen LogP contribution in [-0.2, 0) is 6.42 Å². The number of benzene rings is 1. The van der Waals surface area contributed by atoms with Crippen molar-refractivity contribution in [2.75, 3.05) is 23.3 Å². The topological polar surface area (TPSA) is 88.6 Å². The smallest absolute Gasteiger partial charge is 0.256 e. The number of hydrogen-bond acceptors (Lipinski definition) is 6. The van der Waals surface area contributed by atoms with Crippen molar-refractivity contribution in [3.8, 4) is 0 Å². The van der Waals surface area contributed by atoms with Crippen molar-refractivity contribution >= 4 is 22.9 Å². The van der Waals surface area contributed by atoms with Crippen LogP contribution in [0.3, 0.4) is 0 Å². The molecular weight excluding hydrogens is 392 g/mol. The van der Waals surface area contributed by atoms with E-state index in [2.05, 4.69) is 32.4 Å². The molecule has 4 aromatic rings. The Morgan fingerprint density at radius 3 is 3.03 bits per heavy atom. The van der Waals surface area contributed by atoms with Crippen molar-refractivity contribution in [3.63, 3.8) is 0 Å². The number of aryl methyl sites for hydroxylation is 2. The molecule has 8 heteroatoms. The van der Waals surface area contributed by atoms with Crippen molar-refractivity contribution in [2.45, 2.75) is 32.6 Å². The lowest BCUT2D eigenvalue weighted by atomic mass is 9.92. The SMILES string of the molecule is CCc1cc(NC(=O)c2ccc(C)c([C@@H]3CCN(c4cnn5ccncc45)C3)c2)no1. The molecule has 1 aromatic carbocycles. The first-order valence-electron chi connectivity index (χ1n) is 10.5. The molecule has 0 saturated carbocycles. The molecule has 1 fully saturated rings. The summed E-state index contributed by atoms with van der Waals surface area (Å²) < 4.78 is 7.02. The van der Waals surface area contributed by atoms with Crippen LogP contribution in [0.5, 0.6) is 0 Å². The van der Waals surface area contributed by atoms with E-state index < -0.39 is 0 Å². The first-order chi connectivity index (χ1) is 15.1. The number of nitrogens with zero attached hydrogens (tertiary/aromatic N) is 5. The molecule has 158 valence electrons. The second kappa shape index (κ2) is 7.86. The van der Waals surface area contributed by atoms with Crippen LogP contribution in [0.4, 0.5) is 11.5 Å². The number of rotatable bonds is 5. The van der Waals surface area contributed by atoms with Crippen LogP contribution >= 0.6 is 0 Å². The Kier molecular flexibility index (Phi) is 4.89. The van der Waals surface area contributed by atoms with E-state index in [0.29, 0.717) is 17.3 Å². The third-order valence-corrected chi connectivity index (χ3v) is 5.96. The summed E-state index contributed by atoms with van der Waals surface area (Å²) in [5, 5.41) is 11.2. The lowest BCUT2D eigenvalue weighted by molar-refractivity contribution is 0.102. The van der Waals surface area contributed by atoms with Gasteiger partial charge in [0.2, 0.25) is 0 Å². The predicted octanol–water partition coefficient (Wildman–Crippen LogP) is 3.83. The summed E-state index contributed by atoms with van der Waals surface area (Å²) in [4.78, 5) is 19.4. The molecule has 0 bridgehead atoms. The summed E-state index contributed by atoms with van der Waals surface area (Å²) in [7, 11) is 0. The predicted molar refractivity (Wildman–Crippen MR) is 118 cm³/mol. The number of fused-ring (bicyclic) bond motifs is 1. The highest BCUT2D eigenvalue weighted by molar-refractivity contribution is 6.03. The minimum absolute atomic E-state index is 0.180. The van der Waals surface area contributed by atoms with E-state index in [-0.39, 0.29) is 5.91 Å². The summed E-state index contributed by atoms with van der Waals surface area (Å²) in [6, 6.07) is 7.65. The van der Waals surface area contributed by atoms with Crippen molar-refractivity contribution in [2.24, 2.45) is 0 Å². The summed E-state index contributed by atoms with van der Waals surface area (Å²) >= 11 is 0. The zero-order valence-corrected chi connectivity index (χ0v) is 17.6. The van der Waals surface area contributed by atoms with Gasteiger partial charge in [0.25, 0.3) is 5.91 Å². The Hall–Kier alpha value is -3.68. The summed E-state index contributed by atoms with van der Waals surface area (Å²) in [5.74, 6) is 1.35. The molecule has 1 amide bonds. The summed E-state index contributed by atoms with van der Waals surface area (Å²) in [6.07, 6.45) is 9.10. The number of amides is 1. The van der Waals surface area contributed by atoms with Crippen molar-refractivity contribution in [1.29, 1.82) is 0 Å². The minimum atomic E-state index is -0.180. The molecule has 0 aliphatic carbocycles. The quantitative estimate of drug-likeness (QED) is 0.532. The number of carbonyl (C=O) groups is 1. The molecular formula is C23H24N6O2. The van der Waals surface area contributed by atoms with Crippen LogP contribution in [0.25, 0.3) is 5.52 Å². The summed E-state index contributed by atoms with van der Waals surface area (Å²) in [6.45, 7) is 5.90. The number of aromatic nitrogens is 4. The molecule has 3 aromatic heterocycles. The largest absolute Gasteiger partial charge is 0.368 e. The minimum Gasteiger partial charge on any atom is -0.368 e. The van der Waals surface area contributed by atoms with Gasteiger partial charge >= 0.3 is 0 Å². The fourth-order valence-electron chi connectivity index (χ4n) is 4.25. The second-order valence-electron chi connectivity index (χ2n) is 7.93. The zero-order chi connectivity index (χ0) is 21.4. The van der Waals surface area contributed by atoms with Crippen molar-refractivity contribution in [3.05, 3.63) is 71.5 Å². The standard InChI is InChI=1S/C23H24N6O2/c1-3-18-11-22(27-31-18)26-23(30)16-5-4-15(2)19(10-16)17-6-8-28(14-17)20-13-25-29-9-7-24-12-21(20)29/h4-5,7,9-13,17H,3,6,8,14H2,1-2H3,(H,26,27,30)/t17-/m1/s1. The average molecular weight is 416 g/mol. The van der Waals surface area contributed by atoms with Crippen LogP contribution in [0.15, 0.2) is 53.6 Å². The highest BCUT2D eigenvalue weighted by Gasteiger charge is 2.27. The van der Waals surface area contributed by atoms with Crippen molar-refractivity contribution in [1.82, 2.24) is 19.8 Å². The fourth-order valence-corrected chi connectivity index (χ4v) is 4.25. The van der Waals surface area contributed by atoms with Gasteiger partial charge in [0.05, 0.1) is 18.1 Å². The highest BCUT2D eigenvalue weighted by atomic mass is 16.5. The van der Waals surface area contributed by atoms with Gasteiger partial charge in [0.15, 0.2) is 5.82 Å². The first kappa shape index (κ1) is 19.3. The maximum atomic E-state index is 12.8. The van der Waals surface area contributed by atoms with E-state index in [9.17, 15) is 4.79 Å². The number of nitrogens with one attached hydrogen (secondary N) is 1. The Morgan fingerprint density at radius 1 is 1.29 bits per heavy atom. The fraction of sp³-hybridized carbons (Fsp3) is 0.304. The molecule has 5 rings (SSSR count).